The third-order valence-corrected chi connectivity index (χ3v) is 2.81. The summed E-state index contributed by atoms with van der Waals surface area (Å²) in [4.78, 5) is 26.2. The quantitative estimate of drug-likeness (QED) is 0.724. The lowest BCUT2D eigenvalue weighted by Gasteiger charge is -2.08. The second-order valence-electron chi connectivity index (χ2n) is 4.42. The van der Waals surface area contributed by atoms with E-state index in [1.165, 1.54) is 12.3 Å². The minimum Gasteiger partial charge on any atom is -0.328 e. The monoisotopic (exact) mass is 281 g/mol. The van der Waals surface area contributed by atoms with Crippen molar-refractivity contribution in [1.29, 1.82) is 0 Å². The van der Waals surface area contributed by atoms with Crippen molar-refractivity contribution in [3.05, 3.63) is 63.6 Å². The highest BCUT2D eigenvalue weighted by molar-refractivity contribution is 6.04. The summed E-state index contributed by atoms with van der Waals surface area (Å²) in [5, 5.41) is 2.72. The SMILES string of the molecule is Cc1ccc(C#CCN)c(NC(=O)c2ccc[nH]c2=O)c1. The van der Waals surface area contributed by atoms with Crippen LogP contribution >= 0.6 is 0 Å². The molecule has 0 unspecified atom stereocenters. The van der Waals surface area contributed by atoms with Crippen LogP contribution in [0.2, 0.25) is 0 Å². The summed E-state index contributed by atoms with van der Waals surface area (Å²) in [5.41, 5.74) is 7.18. The van der Waals surface area contributed by atoms with Gasteiger partial charge in [-0.2, -0.15) is 0 Å². The van der Waals surface area contributed by atoms with Crippen molar-refractivity contribution in [2.45, 2.75) is 6.92 Å². The molecule has 2 rings (SSSR count). The van der Waals surface area contributed by atoms with Crippen molar-refractivity contribution in [3.63, 3.8) is 0 Å². The average Bonchev–Trinajstić information content (AvgIpc) is 2.47. The fraction of sp³-hybridized carbons (Fsp3) is 0.125. The lowest BCUT2D eigenvalue weighted by atomic mass is 10.1. The zero-order chi connectivity index (χ0) is 15.2. The maximum Gasteiger partial charge on any atom is 0.261 e. The molecule has 0 bridgehead atoms. The summed E-state index contributed by atoms with van der Waals surface area (Å²) in [6.07, 6.45) is 1.48. The third-order valence-electron chi connectivity index (χ3n) is 2.81. The van der Waals surface area contributed by atoms with Crippen LogP contribution in [-0.4, -0.2) is 17.4 Å². The Morgan fingerprint density at radius 2 is 2.19 bits per heavy atom. The van der Waals surface area contributed by atoms with Crippen LogP contribution < -0.4 is 16.6 Å². The van der Waals surface area contributed by atoms with Crippen molar-refractivity contribution in [1.82, 2.24) is 4.98 Å². The molecule has 0 saturated carbocycles. The molecule has 5 heteroatoms. The molecule has 1 aromatic carbocycles. The van der Waals surface area contributed by atoms with Gasteiger partial charge in [0, 0.05) is 11.8 Å². The van der Waals surface area contributed by atoms with E-state index in [0.29, 0.717) is 11.3 Å². The third kappa shape index (κ3) is 3.59. The number of amides is 1. The van der Waals surface area contributed by atoms with Crippen LogP contribution in [0, 0.1) is 18.8 Å². The first-order valence-electron chi connectivity index (χ1n) is 6.40. The Hall–Kier alpha value is -2.84. The van der Waals surface area contributed by atoms with Crippen LogP contribution in [0.1, 0.15) is 21.5 Å². The van der Waals surface area contributed by atoms with E-state index in [4.69, 9.17) is 5.73 Å². The molecule has 106 valence electrons. The first kappa shape index (κ1) is 14.6. The molecule has 0 aliphatic rings. The second-order valence-corrected chi connectivity index (χ2v) is 4.42. The van der Waals surface area contributed by atoms with E-state index in [1.54, 1.807) is 12.1 Å². The summed E-state index contributed by atoms with van der Waals surface area (Å²) in [5.74, 6) is 5.17. The van der Waals surface area contributed by atoms with Crippen LogP contribution in [0.15, 0.2) is 41.3 Å². The molecule has 0 atom stereocenters. The highest BCUT2D eigenvalue weighted by Gasteiger charge is 2.11. The molecule has 0 aliphatic carbocycles. The first-order chi connectivity index (χ1) is 10.1. The number of nitrogens with two attached hydrogens (primary N) is 1. The van der Waals surface area contributed by atoms with Gasteiger partial charge in [-0.25, -0.2) is 0 Å². The van der Waals surface area contributed by atoms with Crippen LogP contribution in [-0.2, 0) is 0 Å². The number of nitrogens with one attached hydrogen (secondary N) is 2. The number of aryl methyl sites for hydroxylation is 1. The number of benzene rings is 1. The lowest BCUT2D eigenvalue weighted by molar-refractivity contribution is 0.102. The van der Waals surface area contributed by atoms with E-state index in [2.05, 4.69) is 22.1 Å². The lowest BCUT2D eigenvalue weighted by Crippen LogP contribution is -2.22. The van der Waals surface area contributed by atoms with Crippen molar-refractivity contribution in [2.75, 3.05) is 11.9 Å². The Balaban J connectivity index is 2.35. The number of anilines is 1. The van der Waals surface area contributed by atoms with E-state index in [-0.39, 0.29) is 12.1 Å². The highest BCUT2D eigenvalue weighted by atomic mass is 16.2. The first-order valence-corrected chi connectivity index (χ1v) is 6.40. The van der Waals surface area contributed by atoms with Gasteiger partial charge < -0.3 is 16.0 Å². The number of pyridine rings is 1. The van der Waals surface area contributed by atoms with Gasteiger partial charge >= 0.3 is 0 Å². The Kier molecular flexibility index (Phi) is 4.54. The molecule has 21 heavy (non-hydrogen) atoms. The Morgan fingerprint density at radius 3 is 2.90 bits per heavy atom. The topological polar surface area (TPSA) is 88.0 Å². The molecule has 4 N–H and O–H groups in total. The average molecular weight is 281 g/mol. The summed E-state index contributed by atoms with van der Waals surface area (Å²) in [6, 6.07) is 8.57. The molecule has 0 radical (unpaired) electrons. The minimum atomic E-state index is -0.474. The van der Waals surface area contributed by atoms with Gasteiger partial charge in [0.25, 0.3) is 11.5 Å². The van der Waals surface area contributed by atoms with Crippen LogP contribution in [0.5, 0.6) is 0 Å². The molecule has 1 amide bonds. The highest BCUT2D eigenvalue weighted by Crippen LogP contribution is 2.17. The van der Waals surface area contributed by atoms with Gasteiger partial charge in [-0.05, 0) is 36.8 Å². The van der Waals surface area contributed by atoms with Gasteiger partial charge in [-0.15, -0.1) is 0 Å². The minimum absolute atomic E-state index is 0.0525. The van der Waals surface area contributed by atoms with Gasteiger partial charge in [0.05, 0.1) is 12.2 Å². The predicted molar refractivity (Wildman–Crippen MR) is 82.1 cm³/mol. The second kappa shape index (κ2) is 6.55. The molecular formula is C16H15N3O2. The number of carbonyl (C=O) groups is 1. The van der Waals surface area contributed by atoms with Crippen molar-refractivity contribution >= 4 is 11.6 Å². The fourth-order valence-electron chi connectivity index (χ4n) is 1.81. The standard InChI is InChI=1S/C16H15N3O2/c1-11-6-7-12(4-2-8-17)14(10-11)19-16(21)13-5-3-9-18-15(13)20/h3,5-7,9-10H,8,17H2,1H3,(H,18,20)(H,19,21). The molecule has 1 aromatic heterocycles. The van der Waals surface area contributed by atoms with Crippen LogP contribution in [0.25, 0.3) is 0 Å². The number of hydrogen-bond donors (Lipinski definition) is 3. The van der Waals surface area contributed by atoms with Crippen molar-refractivity contribution < 1.29 is 4.79 Å². The van der Waals surface area contributed by atoms with E-state index in [9.17, 15) is 9.59 Å². The van der Waals surface area contributed by atoms with Crippen LogP contribution in [0.4, 0.5) is 5.69 Å². The van der Waals surface area contributed by atoms with Gasteiger partial charge in [0.1, 0.15) is 5.56 Å². The van der Waals surface area contributed by atoms with E-state index < -0.39 is 11.5 Å². The maximum absolute atomic E-state index is 12.2. The maximum atomic E-state index is 12.2. The molecule has 0 aliphatic heterocycles. The molecule has 0 spiro atoms. The molecule has 1 heterocycles. The van der Waals surface area contributed by atoms with E-state index in [1.807, 2.05) is 19.1 Å². The van der Waals surface area contributed by atoms with Crippen LogP contribution in [0.3, 0.4) is 0 Å². The number of aromatic nitrogens is 1. The van der Waals surface area contributed by atoms with Gasteiger partial charge in [-0.1, -0.05) is 17.9 Å². The summed E-state index contributed by atoms with van der Waals surface area (Å²) < 4.78 is 0. The van der Waals surface area contributed by atoms with Gasteiger partial charge in [0.2, 0.25) is 0 Å². The normalized spacial score (nSPS) is 9.62. The van der Waals surface area contributed by atoms with E-state index >= 15 is 0 Å². The molecular weight excluding hydrogens is 266 g/mol. The Bertz CT molecular complexity index is 782. The van der Waals surface area contributed by atoms with Crippen molar-refractivity contribution in [3.8, 4) is 11.8 Å². The number of aromatic amines is 1. The van der Waals surface area contributed by atoms with Gasteiger partial charge in [-0.3, -0.25) is 9.59 Å². The predicted octanol–water partition coefficient (Wildman–Crippen LogP) is 1.25. The summed E-state index contributed by atoms with van der Waals surface area (Å²) in [7, 11) is 0. The molecule has 5 nitrogen and oxygen atoms in total. The van der Waals surface area contributed by atoms with Crippen molar-refractivity contribution in [2.24, 2.45) is 5.73 Å². The fourth-order valence-corrected chi connectivity index (χ4v) is 1.81. The number of rotatable bonds is 2. The van der Waals surface area contributed by atoms with Gasteiger partial charge in [0.15, 0.2) is 0 Å². The summed E-state index contributed by atoms with van der Waals surface area (Å²) >= 11 is 0. The smallest absolute Gasteiger partial charge is 0.261 e. The molecule has 0 fully saturated rings. The number of hydrogen-bond acceptors (Lipinski definition) is 3. The largest absolute Gasteiger partial charge is 0.328 e. The number of carbonyl (C=O) groups excluding carboxylic acids is 1. The van der Waals surface area contributed by atoms with E-state index in [0.717, 1.165) is 5.56 Å². The Morgan fingerprint density at radius 1 is 1.38 bits per heavy atom. The molecule has 0 saturated heterocycles. The zero-order valence-corrected chi connectivity index (χ0v) is 11.6. The molecule has 2 aromatic rings. The summed E-state index contributed by atoms with van der Waals surface area (Å²) in [6.45, 7) is 2.14. The zero-order valence-electron chi connectivity index (χ0n) is 11.6. The Labute approximate surface area is 122 Å². The number of H-pyrrole nitrogens is 1.